The number of aliphatic carboxylic acids is 1. The van der Waals surface area contributed by atoms with Crippen LogP contribution in [-0.2, 0) is 20.8 Å². The molecule has 1 aliphatic heterocycles. The van der Waals surface area contributed by atoms with Crippen molar-refractivity contribution in [1.82, 2.24) is 4.98 Å². The van der Waals surface area contributed by atoms with Crippen LogP contribution in [0.2, 0.25) is 0 Å². The molecular weight excluding hydrogens is 489 g/mol. The number of carboxylic acid groups (broad SMARTS) is 1. The molecule has 1 aromatic carbocycles. The van der Waals surface area contributed by atoms with Gasteiger partial charge in [0, 0.05) is 11.9 Å². The molecule has 6 nitrogen and oxygen atoms in total. The standard InChI is InChI=1S/C20H16ClF3N2O4S2/c21-17-7-6-13(19(27)28)12-26(17)16-5-2-8-25-18(16)31-9-10-32(29,30)15-4-1-3-14(11-15)20(22,23)24/h1-8,11H,9-10,12H2,(H,27,28). The number of alkyl halides is 3. The summed E-state index contributed by atoms with van der Waals surface area (Å²) in [5.74, 6) is -1.50. The Labute approximate surface area is 191 Å². The molecule has 12 heteroatoms. The van der Waals surface area contributed by atoms with Crippen molar-refractivity contribution in [3.05, 3.63) is 71.0 Å². The van der Waals surface area contributed by atoms with Gasteiger partial charge in [0.25, 0.3) is 0 Å². The van der Waals surface area contributed by atoms with Crippen molar-refractivity contribution in [2.45, 2.75) is 16.1 Å². The number of carboxylic acids is 1. The number of rotatable bonds is 7. The van der Waals surface area contributed by atoms with E-state index < -0.39 is 38.2 Å². The molecule has 2 aromatic rings. The minimum atomic E-state index is -4.65. The number of nitrogens with zero attached hydrogens (tertiary/aromatic N) is 2. The molecule has 32 heavy (non-hydrogen) atoms. The Morgan fingerprint density at radius 1 is 1.22 bits per heavy atom. The average Bonchev–Trinajstić information content (AvgIpc) is 2.74. The van der Waals surface area contributed by atoms with Crippen molar-refractivity contribution in [2.24, 2.45) is 0 Å². The fraction of sp³-hybridized carbons (Fsp3) is 0.200. The average molecular weight is 505 g/mol. The molecule has 1 N–H and O–H groups in total. The fourth-order valence-corrected chi connectivity index (χ4v) is 5.74. The van der Waals surface area contributed by atoms with Crippen molar-refractivity contribution >= 4 is 44.9 Å². The lowest BCUT2D eigenvalue weighted by Crippen LogP contribution is -2.28. The third-order valence-electron chi connectivity index (χ3n) is 4.44. The lowest BCUT2D eigenvalue weighted by Gasteiger charge is -2.27. The quantitative estimate of drug-likeness (QED) is 0.436. The molecule has 0 saturated heterocycles. The maximum atomic E-state index is 12.9. The highest BCUT2D eigenvalue weighted by molar-refractivity contribution is 8.00. The zero-order valence-electron chi connectivity index (χ0n) is 16.2. The molecule has 0 saturated carbocycles. The number of allylic oxidation sites excluding steroid dienone is 2. The maximum Gasteiger partial charge on any atom is 0.416 e. The minimum absolute atomic E-state index is 0.00749. The smallest absolute Gasteiger partial charge is 0.416 e. The van der Waals surface area contributed by atoms with Crippen LogP contribution in [0.25, 0.3) is 0 Å². The summed E-state index contributed by atoms with van der Waals surface area (Å²) in [5, 5.41) is 9.91. The topological polar surface area (TPSA) is 87.6 Å². The summed E-state index contributed by atoms with van der Waals surface area (Å²) >= 11 is 7.30. The van der Waals surface area contributed by atoms with Crippen LogP contribution < -0.4 is 4.90 Å². The zero-order chi connectivity index (χ0) is 23.5. The molecule has 0 bridgehead atoms. The molecule has 0 fully saturated rings. The molecule has 3 rings (SSSR count). The number of halogens is 4. The molecule has 1 aromatic heterocycles. The summed E-state index contributed by atoms with van der Waals surface area (Å²) in [6.45, 7) is -0.00749. The SMILES string of the molecule is O=C(O)C1=CC=C(Cl)N(c2cccnc2SCCS(=O)(=O)c2cccc(C(F)(F)F)c2)C1. The Balaban J connectivity index is 1.75. The van der Waals surface area contributed by atoms with Gasteiger partial charge in [-0.3, -0.25) is 0 Å². The van der Waals surface area contributed by atoms with Crippen LogP contribution in [-0.4, -0.2) is 42.5 Å². The van der Waals surface area contributed by atoms with Crippen LogP contribution in [0, 0.1) is 0 Å². The first-order chi connectivity index (χ1) is 15.0. The summed E-state index contributed by atoms with van der Waals surface area (Å²) < 4.78 is 63.8. The van der Waals surface area contributed by atoms with Gasteiger partial charge in [0.15, 0.2) is 9.84 Å². The Morgan fingerprint density at radius 3 is 2.66 bits per heavy atom. The Kier molecular flexibility index (Phi) is 7.21. The third-order valence-corrected chi connectivity index (χ3v) is 7.73. The predicted octanol–water partition coefficient (Wildman–Crippen LogP) is 4.58. The van der Waals surface area contributed by atoms with E-state index in [1.165, 1.54) is 23.2 Å². The van der Waals surface area contributed by atoms with Gasteiger partial charge in [-0.25, -0.2) is 18.2 Å². The molecule has 0 aliphatic carbocycles. The van der Waals surface area contributed by atoms with E-state index in [0.29, 0.717) is 16.8 Å². The molecule has 0 spiro atoms. The molecule has 0 radical (unpaired) electrons. The normalized spacial score (nSPS) is 14.7. The molecule has 0 amide bonds. The summed E-state index contributed by atoms with van der Waals surface area (Å²) in [4.78, 5) is 16.6. The van der Waals surface area contributed by atoms with Gasteiger partial charge in [-0.1, -0.05) is 17.7 Å². The van der Waals surface area contributed by atoms with Crippen molar-refractivity contribution < 1.29 is 31.5 Å². The van der Waals surface area contributed by atoms with Crippen molar-refractivity contribution in [1.29, 1.82) is 0 Å². The first-order valence-electron chi connectivity index (χ1n) is 9.04. The molecule has 1 aliphatic rings. The fourth-order valence-electron chi connectivity index (χ4n) is 2.83. The van der Waals surface area contributed by atoms with Crippen LogP contribution >= 0.6 is 23.4 Å². The second-order valence-corrected chi connectivity index (χ2v) is 10.2. The Bertz CT molecular complexity index is 1200. The molecular formula is C20H16ClF3N2O4S2. The molecule has 2 heterocycles. The number of sulfone groups is 1. The van der Waals surface area contributed by atoms with E-state index in [4.69, 9.17) is 11.6 Å². The molecule has 0 unspecified atom stereocenters. The summed E-state index contributed by atoms with van der Waals surface area (Å²) in [6.07, 6.45) is -0.323. The van der Waals surface area contributed by atoms with Crippen LogP contribution in [0.15, 0.2) is 75.4 Å². The van der Waals surface area contributed by atoms with Gasteiger partial charge in [0.1, 0.15) is 10.2 Å². The lowest BCUT2D eigenvalue weighted by molar-refractivity contribution is -0.137. The summed E-state index contributed by atoms with van der Waals surface area (Å²) in [5.41, 5.74) is -0.435. The first kappa shape index (κ1) is 24.1. The zero-order valence-corrected chi connectivity index (χ0v) is 18.6. The molecule has 170 valence electrons. The van der Waals surface area contributed by atoms with Crippen molar-refractivity contribution in [2.75, 3.05) is 23.0 Å². The number of pyridine rings is 1. The Morgan fingerprint density at radius 2 is 1.97 bits per heavy atom. The number of hydrogen-bond donors (Lipinski definition) is 1. The largest absolute Gasteiger partial charge is 0.478 e. The monoisotopic (exact) mass is 504 g/mol. The van der Waals surface area contributed by atoms with E-state index in [1.54, 1.807) is 12.1 Å². The Hall–Kier alpha value is -2.50. The summed E-state index contributed by atoms with van der Waals surface area (Å²) in [7, 11) is -3.97. The van der Waals surface area contributed by atoms with E-state index in [9.17, 15) is 31.5 Å². The van der Waals surface area contributed by atoms with Gasteiger partial charge in [-0.05, 0) is 42.5 Å². The number of aromatic nitrogens is 1. The van der Waals surface area contributed by atoms with Gasteiger partial charge < -0.3 is 10.0 Å². The van der Waals surface area contributed by atoms with Crippen LogP contribution in [0.5, 0.6) is 0 Å². The van der Waals surface area contributed by atoms with E-state index in [0.717, 1.165) is 30.0 Å². The predicted molar refractivity (Wildman–Crippen MR) is 115 cm³/mol. The highest BCUT2D eigenvalue weighted by Gasteiger charge is 2.31. The highest BCUT2D eigenvalue weighted by atomic mass is 35.5. The minimum Gasteiger partial charge on any atom is -0.478 e. The molecule has 0 atom stereocenters. The van der Waals surface area contributed by atoms with E-state index in [1.807, 2.05) is 0 Å². The van der Waals surface area contributed by atoms with E-state index >= 15 is 0 Å². The number of carbonyl (C=O) groups is 1. The second-order valence-electron chi connectivity index (χ2n) is 6.59. The third kappa shape index (κ3) is 5.64. The van der Waals surface area contributed by atoms with Crippen molar-refractivity contribution in [3.63, 3.8) is 0 Å². The van der Waals surface area contributed by atoms with Gasteiger partial charge in [-0.2, -0.15) is 13.2 Å². The van der Waals surface area contributed by atoms with Gasteiger partial charge in [-0.15, -0.1) is 11.8 Å². The lowest BCUT2D eigenvalue weighted by atomic mass is 10.2. The number of thioether (sulfide) groups is 1. The number of anilines is 1. The van der Waals surface area contributed by atoms with Gasteiger partial charge in [0.2, 0.25) is 0 Å². The first-order valence-corrected chi connectivity index (χ1v) is 12.1. The number of hydrogen-bond acceptors (Lipinski definition) is 6. The van der Waals surface area contributed by atoms with Gasteiger partial charge >= 0.3 is 12.1 Å². The van der Waals surface area contributed by atoms with Crippen molar-refractivity contribution in [3.8, 4) is 0 Å². The van der Waals surface area contributed by atoms with Crippen LogP contribution in [0.4, 0.5) is 18.9 Å². The van der Waals surface area contributed by atoms with E-state index in [-0.39, 0.29) is 23.0 Å². The second kappa shape index (κ2) is 9.55. The maximum absolute atomic E-state index is 12.9. The van der Waals surface area contributed by atoms with Gasteiger partial charge in [0.05, 0.1) is 34.0 Å². The number of benzene rings is 1. The van der Waals surface area contributed by atoms with Crippen LogP contribution in [0.1, 0.15) is 5.56 Å². The summed E-state index contributed by atoms with van der Waals surface area (Å²) in [6, 6.07) is 6.89. The van der Waals surface area contributed by atoms with E-state index in [2.05, 4.69) is 4.98 Å². The van der Waals surface area contributed by atoms with Crippen LogP contribution in [0.3, 0.4) is 0 Å². The highest BCUT2D eigenvalue weighted by Crippen LogP contribution is 2.34.